The Morgan fingerprint density at radius 1 is 1.17 bits per heavy atom. The molecule has 1 atom stereocenters. The van der Waals surface area contributed by atoms with Gasteiger partial charge in [0.05, 0.1) is 0 Å². The molecule has 1 unspecified atom stereocenters. The van der Waals surface area contributed by atoms with Crippen LogP contribution in [0.3, 0.4) is 0 Å². The fourth-order valence-electron chi connectivity index (χ4n) is 2.89. The normalized spacial score (nSPS) is 22.7. The van der Waals surface area contributed by atoms with E-state index in [2.05, 4.69) is 37.9 Å². The molecule has 0 amide bonds. The van der Waals surface area contributed by atoms with Crippen LogP contribution < -0.4 is 5.32 Å². The van der Waals surface area contributed by atoms with Crippen molar-refractivity contribution in [3.63, 3.8) is 0 Å². The molecule has 0 radical (unpaired) electrons. The summed E-state index contributed by atoms with van der Waals surface area (Å²) in [5, 5.41) is 3.50. The first-order valence-electron chi connectivity index (χ1n) is 8.00. The van der Waals surface area contributed by atoms with Gasteiger partial charge in [0.15, 0.2) is 0 Å². The maximum atomic E-state index is 3.50. The van der Waals surface area contributed by atoms with Crippen LogP contribution >= 0.6 is 0 Å². The van der Waals surface area contributed by atoms with Crippen LogP contribution in [0.4, 0.5) is 0 Å². The lowest BCUT2D eigenvalue weighted by Gasteiger charge is -2.28. The smallest absolute Gasteiger partial charge is 0.00674 e. The lowest BCUT2D eigenvalue weighted by atomic mass is 9.85. The van der Waals surface area contributed by atoms with Gasteiger partial charge in [0, 0.05) is 6.04 Å². The van der Waals surface area contributed by atoms with E-state index in [1.807, 2.05) is 0 Å². The zero-order valence-corrected chi connectivity index (χ0v) is 13.1. The zero-order chi connectivity index (χ0) is 13.4. The summed E-state index contributed by atoms with van der Waals surface area (Å²) in [4.78, 5) is 2.72. The van der Waals surface area contributed by atoms with Crippen molar-refractivity contribution in [1.82, 2.24) is 10.2 Å². The van der Waals surface area contributed by atoms with E-state index in [0.717, 1.165) is 6.04 Å². The Hall–Kier alpha value is -0.0800. The number of nitrogens with one attached hydrogen (secondary N) is 1. The molecule has 0 bridgehead atoms. The van der Waals surface area contributed by atoms with Crippen molar-refractivity contribution in [2.75, 3.05) is 26.2 Å². The summed E-state index contributed by atoms with van der Waals surface area (Å²) in [6.45, 7) is 14.5. The molecule has 108 valence electrons. The molecule has 1 aliphatic rings. The topological polar surface area (TPSA) is 15.3 Å². The summed E-state index contributed by atoms with van der Waals surface area (Å²) in [5.41, 5.74) is 0.567. The molecule has 0 aromatic rings. The molecule has 0 aliphatic carbocycles. The van der Waals surface area contributed by atoms with Crippen LogP contribution in [0.5, 0.6) is 0 Å². The van der Waals surface area contributed by atoms with Gasteiger partial charge in [0.25, 0.3) is 0 Å². The van der Waals surface area contributed by atoms with E-state index in [1.54, 1.807) is 0 Å². The molecule has 0 saturated carbocycles. The van der Waals surface area contributed by atoms with Gasteiger partial charge in [-0.1, -0.05) is 20.8 Å². The largest absolute Gasteiger partial charge is 0.317 e. The number of hydrogen-bond acceptors (Lipinski definition) is 2. The molecule has 1 rings (SSSR count). The molecule has 0 aromatic carbocycles. The first kappa shape index (κ1) is 16.0. The van der Waals surface area contributed by atoms with Gasteiger partial charge in [0.1, 0.15) is 0 Å². The minimum Gasteiger partial charge on any atom is -0.317 e. The van der Waals surface area contributed by atoms with Crippen molar-refractivity contribution >= 4 is 0 Å². The van der Waals surface area contributed by atoms with E-state index < -0.39 is 0 Å². The van der Waals surface area contributed by atoms with Gasteiger partial charge in [-0.25, -0.2) is 0 Å². The molecule has 0 spiro atoms. The number of likely N-dealkylation sites (tertiary alicyclic amines) is 1. The van der Waals surface area contributed by atoms with Crippen LogP contribution in [0, 0.1) is 5.41 Å². The lowest BCUT2D eigenvalue weighted by Crippen LogP contribution is -2.35. The number of rotatable bonds is 7. The van der Waals surface area contributed by atoms with Crippen LogP contribution in [0.1, 0.15) is 66.2 Å². The Labute approximate surface area is 115 Å². The van der Waals surface area contributed by atoms with Gasteiger partial charge in [-0.2, -0.15) is 0 Å². The molecule has 0 aromatic heterocycles. The van der Waals surface area contributed by atoms with Gasteiger partial charge in [0.2, 0.25) is 0 Å². The number of nitrogens with zero attached hydrogens (tertiary/aromatic N) is 1. The first-order chi connectivity index (χ1) is 8.55. The Balaban J connectivity index is 2.18. The number of hydrogen-bond donors (Lipinski definition) is 1. The average Bonchev–Trinajstić information content (AvgIpc) is 2.50. The maximum Gasteiger partial charge on any atom is 0.00674 e. The van der Waals surface area contributed by atoms with Crippen LogP contribution in [0.25, 0.3) is 0 Å². The highest BCUT2D eigenvalue weighted by molar-refractivity contribution is 4.78. The summed E-state index contributed by atoms with van der Waals surface area (Å²) >= 11 is 0. The quantitative estimate of drug-likeness (QED) is 0.697. The predicted molar refractivity (Wildman–Crippen MR) is 81.1 cm³/mol. The van der Waals surface area contributed by atoms with Crippen LogP contribution in [0.2, 0.25) is 0 Å². The van der Waals surface area contributed by atoms with E-state index in [0.29, 0.717) is 5.41 Å². The van der Waals surface area contributed by atoms with Crippen molar-refractivity contribution in [2.24, 2.45) is 5.41 Å². The third-order valence-electron chi connectivity index (χ3n) is 4.40. The van der Waals surface area contributed by atoms with Gasteiger partial charge in [-0.3, -0.25) is 0 Å². The average molecular weight is 254 g/mol. The molecule has 1 heterocycles. The van der Waals surface area contributed by atoms with Gasteiger partial charge in [-0.15, -0.1) is 0 Å². The lowest BCUT2D eigenvalue weighted by molar-refractivity contribution is 0.195. The molecule has 1 fully saturated rings. The molecular formula is C16H34N2. The summed E-state index contributed by atoms with van der Waals surface area (Å²) in [6.07, 6.45) is 8.06. The third kappa shape index (κ3) is 6.19. The standard InChI is InChI=1S/C16H34N2/c1-5-11-17-12-6-8-15(2)18-13-7-9-16(3,4)10-14-18/h15,17H,5-14H2,1-4H3. The zero-order valence-electron chi connectivity index (χ0n) is 13.1. The van der Waals surface area contributed by atoms with Crippen molar-refractivity contribution in [3.05, 3.63) is 0 Å². The Kier molecular flexibility index (Phi) is 7.25. The second kappa shape index (κ2) is 8.16. The highest BCUT2D eigenvalue weighted by Gasteiger charge is 2.24. The van der Waals surface area contributed by atoms with Gasteiger partial charge < -0.3 is 10.2 Å². The summed E-state index contributed by atoms with van der Waals surface area (Å²) in [7, 11) is 0. The summed E-state index contributed by atoms with van der Waals surface area (Å²) < 4.78 is 0. The Morgan fingerprint density at radius 3 is 2.67 bits per heavy atom. The molecular weight excluding hydrogens is 220 g/mol. The Bertz CT molecular complexity index is 213. The molecule has 2 heteroatoms. The monoisotopic (exact) mass is 254 g/mol. The summed E-state index contributed by atoms with van der Waals surface area (Å²) in [5.74, 6) is 0. The van der Waals surface area contributed by atoms with E-state index in [9.17, 15) is 0 Å². The molecule has 1 saturated heterocycles. The Morgan fingerprint density at radius 2 is 1.94 bits per heavy atom. The first-order valence-corrected chi connectivity index (χ1v) is 8.00. The van der Waals surface area contributed by atoms with E-state index in [-0.39, 0.29) is 0 Å². The third-order valence-corrected chi connectivity index (χ3v) is 4.40. The van der Waals surface area contributed by atoms with Crippen LogP contribution in [-0.2, 0) is 0 Å². The van der Waals surface area contributed by atoms with Crippen LogP contribution in [-0.4, -0.2) is 37.1 Å². The highest BCUT2D eigenvalue weighted by Crippen LogP contribution is 2.30. The minimum absolute atomic E-state index is 0.567. The molecule has 18 heavy (non-hydrogen) atoms. The van der Waals surface area contributed by atoms with Crippen LogP contribution in [0.15, 0.2) is 0 Å². The predicted octanol–water partition coefficient (Wildman–Crippen LogP) is 3.67. The minimum atomic E-state index is 0.567. The van der Waals surface area contributed by atoms with E-state index in [1.165, 1.54) is 64.7 Å². The van der Waals surface area contributed by atoms with Crippen molar-refractivity contribution < 1.29 is 0 Å². The van der Waals surface area contributed by atoms with Gasteiger partial charge >= 0.3 is 0 Å². The molecule has 1 N–H and O–H groups in total. The second-order valence-corrected chi connectivity index (χ2v) is 6.79. The molecule has 2 nitrogen and oxygen atoms in total. The van der Waals surface area contributed by atoms with Gasteiger partial charge in [-0.05, 0) is 77.0 Å². The fourth-order valence-corrected chi connectivity index (χ4v) is 2.89. The van der Waals surface area contributed by atoms with E-state index in [4.69, 9.17) is 0 Å². The fraction of sp³-hybridized carbons (Fsp3) is 1.00. The van der Waals surface area contributed by atoms with E-state index >= 15 is 0 Å². The van der Waals surface area contributed by atoms with Crippen molar-refractivity contribution in [3.8, 4) is 0 Å². The molecule has 1 aliphatic heterocycles. The second-order valence-electron chi connectivity index (χ2n) is 6.79. The van der Waals surface area contributed by atoms with Crippen molar-refractivity contribution in [2.45, 2.75) is 72.3 Å². The summed E-state index contributed by atoms with van der Waals surface area (Å²) in [6, 6.07) is 0.766. The maximum absolute atomic E-state index is 3.50. The van der Waals surface area contributed by atoms with Crippen molar-refractivity contribution in [1.29, 1.82) is 0 Å². The highest BCUT2D eigenvalue weighted by atomic mass is 15.1. The SMILES string of the molecule is CCCNCCCC(C)N1CCCC(C)(C)CC1.